The predicted molar refractivity (Wildman–Crippen MR) is 60.8 cm³/mol. The van der Waals surface area contributed by atoms with Gasteiger partial charge in [0.2, 0.25) is 11.8 Å². The van der Waals surface area contributed by atoms with E-state index in [1.807, 2.05) is 6.92 Å². The monoisotopic (exact) mass is 224 g/mol. The number of likely N-dealkylation sites (tertiary alicyclic amines) is 1. The Labute approximate surface area is 96.4 Å². The second-order valence-corrected chi connectivity index (χ2v) is 4.75. The molecule has 90 valence electrons. The molecule has 0 aromatic carbocycles. The Hall–Kier alpha value is -1.06. The summed E-state index contributed by atoms with van der Waals surface area (Å²) in [7, 11) is 0. The summed E-state index contributed by atoms with van der Waals surface area (Å²) in [4.78, 5) is 25.6. The summed E-state index contributed by atoms with van der Waals surface area (Å²) in [5.41, 5.74) is 0. The third kappa shape index (κ3) is 2.36. The van der Waals surface area contributed by atoms with E-state index < -0.39 is 0 Å². The minimum atomic E-state index is -0.195. The lowest BCUT2D eigenvalue weighted by molar-refractivity contribution is -0.139. The van der Waals surface area contributed by atoms with Crippen LogP contribution < -0.4 is 5.32 Å². The molecule has 1 saturated carbocycles. The molecule has 1 unspecified atom stereocenters. The SMILES string of the molecule is CCCNC(=O)C1CCCN1C(=O)C1CC1. The number of amides is 2. The second-order valence-electron chi connectivity index (χ2n) is 4.75. The van der Waals surface area contributed by atoms with Gasteiger partial charge in [-0.1, -0.05) is 6.92 Å². The third-order valence-electron chi connectivity index (χ3n) is 3.31. The van der Waals surface area contributed by atoms with Crippen molar-refractivity contribution >= 4 is 11.8 Å². The van der Waals surface area contributed by atoms with Gasteiger partial charge in [0.1, 0.15) is 6.04 Å². The Morgan fingerprint density at radius 1 is 1.31 bits per heavy atom. The highest BCUT2D eigenvalue weighted by Gasteiger charge is 2.40. The van der Waals surface area contributed by atoms with Crippen LogP contribution in [0.15, 0.2) is 0 Å². The molecule has 0 aromatic rings. The van der Waals surface area contributed by atoms with Crippen molar-refractivity contribution in [3.05, 3.63) is 0 Å². The molecule has 1 atom stereocenters. The van der Waals surface area contributed by atoms with E-state index in [4.69, 9.17) is 0 Å². The maximum atomic E-state index is 11.9. The molecule has 2 fully saturated rings. The summed E-state index contributed by atoms with van der Waals surface area (Å²) in [5, 5.41) is 2.89. The molecule has 2 aliphatic rings. The van der Waals surface area contributed by atoms with Crippen molar-refractivity contribution in [2.45, 2.75) is 45.1 Å². The molecule has 2 rings (SSSR count). The van der Waals surface area contributed by atoms with Crippen LogP contribution in [-0.4, -0.2) is 35.8 Å². The summed E-state index contributed by atoms with van der Waals surface area (Å²) >= 11 is 0. The lowest BCUT2D eigenvalue weighted by atomic mass is 10.2. The molecule has 1 aliphatic carbocycles. The van der Waals surface area contributed by atoms with Crippen molar-refractivity contribution in [1.29, 1.82) is 0 Å². The first-order valence-electron chi connectivity index (χ1n) is 6.32. The van der Waals surface area contributed by atoms with Crippen molar-refractivity contribution in [1.82, 2.24) is 10.2 Å². The van der Waals surface area contributed by atoms with Gasteiger partial charge in [0.25, 0.3) is 0 Å². The molecule has 16 heavy (non-hydrogen) atoms. The summed E-state index contributed by atoms with van der Waals surface area (Å²) < 4.78 is 0. The van der Waals surface area contributed by atoms with E-state index >= 15 is 0 Å². The molecule has 4 heteroatoms. The molecule has 1 aliphatic heterocycles. The molecule has 1 heterocycles. The molecule has 2 amide bonds. The zero-order valence-electron chi connectivity index (χ0n) is 9.87. The molecule has 1 N–H and O–H groups in total. The molecule has 0 spiro atoms. The fourth-order valence-corrected chi connectivity index (χ4v) is 2.23. The van der Waals surface area contributed by atoms with Crippen LogP contribution in [0.3, 0.4) is 0 Å². The Morgan fingerprint density at radius 3 is 2.69 bits per heavy atom. The number of nitrogens with zero attached hydrogens (tertiary/aromatic N) is 1. The summed E-state index contributed by atoms with van der Waals surface area (Å²) in [5.74, 6) is 0.460. The van der Waals surface area contributed by atoms with Crippen molar-refractivity contribution < 1.29 is 9.59 Å². The summed E-state index contributed by atoms with van der Waals surface area (Å²) in [6, 6.07) is -0.195. The van der Waals surface area contributed by atoms with Crippen LogP contribution in [0.4, 0.5) is 0 Å². The Balaban J connectivity index is 1.91. The van der Waals surface area contributed by atoms with Gasteiger partial charge in [-0.3, -0.25) is 9.59 Å². The van der Waals surface area contributed by atoms with Gasteiger partial charge in [0.15, 0.2) is 0 Å². The van der Waals surface area contributed by atoms with E-state index in [-0.39, 0.29) is 23.8 Å². The number of hydrogen-bond acceptors (Lipinski definition) is 2. The van der Waals surface area contributed by atoms with Gasteiger partial charge in [-0.05, 0) is 32.1 Å². The second kappa shape index (κ2) is 4.85. The van der Waals surface area contributed by atoms with E-state index in [2.05, 4.69) is 5.32 Å². The highest BCUT2D eigenvalue weighted by molar-refractivity contribution is 5.89. The molecule has 0 bridgehead atoms. The first kappa shape index (κ1) is 11.4. The first-order valence-corrected chi connectivity index (χ1v) is 6.32. The molecule has 0 aromatic heterocycles. The quantitative estimate of drug-likeness (QED) is 0.771. The topological polar surface area (TPSA) is 49.4 Å². The van der Waals surface area contributed by atoms with Gasteiger partial charge >= 0.3 is 0 Å². The van der Waals surface area contributed by atoms with Gasteiger partial charge in [-0.25, -0.2) is 0 Å². The third-order valence-corrected chi connectivity index (χ3v) is 3.31. The van der Waals surface area contributed by atoms with Crippen LogP contribution in [-0.2, 0) is 9.59 Å². The smallest absolute Gasteiger partial charge is 0.242 e. The van der Waals surface area contributed by atoms with Crippen LogP contribution in [0.2, 0.25) is 0 Å². The zero-order chi connectivity index (χ0) is 11.5. The molecule has 0 radical (unpaired) electrons. The maximum Gasteiger partial charge on any atom is 0.242 e. The number of hydrogen-bond donors (Lipinski definition) is 1. The van der Waals surface area contributed by atoms with E-state index in [0.29, 0.717) is 6.54 Å². The highest BCUT2D eigenvalue weighted by Crippen LogP contribution is 2.33. The first-order chi connectivity index (χ1) is 7.74. The predicted octanol–water partition coefficient (Wildman–Crippen LogP) is 0.914. The van der Waals surface area contributed by atoms with E-state index in [0.717, 1.165) is 38.6 Å². The van der Waals surface area contributed by atoms with Crippen LogP contribution >= 0.6 is 0 Å². The number of carbonyl (C=O) groups excluding carboxylic acids is 2. The molecular weight excluding hydrogens is 204 g/mol. The average molecular weight is 224 g/mol. The average Bonchev–Trinajstić information content (AvgIpc) is 3.02. The van der Waals surface area contributed by atoms with Gasteiger partial charge in [0.05, 0.1) is 0 Å². The van der Waals surface area contributed by atoms with Crippen LogP contribution in [0.25, 0.3) is 0 Å². The van der Waals surface area contributed by atoms with E-state index in [1.54, 1.807) is 4.90 Å². The minimum absolute atomic E-state index is 0.0355. The fourth-order valence-electron chi connectivity index (χ4n) is 2.23. The van der Waals surface area contributed by atoms with Crippen LogP contribution in [0.5, 0.6) is 0 Å². The van der Waals surface area contributed by atoms with Gasteiger partial charge in [-0.2, -0.15) is 0 Å². The van der Waals surface area contributed by atoms with Crippen molar-refractivity contribution in [2.24, 2.45) is 5.92 Å². The minimum Gasteiger partial charge on any atom is -0.354 e. The summed E-state index contributed by atoms with van der Waals surface area (Å²) in [6.07, 6.45) is 4.75. The standard InChI is InChI=1S/C12H20N2O2/c1-2-7-13-11(15)10-4-3-8-14(10)12(16)9-5-6-9/h9-10H,2-8H2,1H3,(H,13,15). The number of nitrogens with one attached hydrogen (secondary N) is 1. The summed E-state index contributed by atoms with van der Waals surface area (Å²) in [6.45, 7) is 3.50. The lowest BCUT2D eigenvalue weighted by Gasteiger charge is -2.23. The van der Waals surface area contributed by atoms with Crippen LogP contribution in [0, 0.1) is 5.92 Å². The van der Waals surface area contributed by atoms with Crippen molar-refractivity contribution in [2.75, 3.05) is 13.1 Å². The zero-order valence-corrected chi connectivity index (χ0v) is 9.87. The normalized spacial score (nSPS) is 24.6. The van der Waals surface area contributed by atoms with E-state index in [9.17, 15) is 9.59 Å². The van der Waals surface area contributed by atoms with Gasteiger partial charge < -0.3 is 10.2 Å². The Bertz CT molecular complexity index is 287. The number of carbonyl (C=O) groups is 2. The van der Waals surface area contributed by atoms with Gasteiger partial charge in [0, 0.05) is 19.0 Å². The molecule has 1 saturated heterocycles. The van der Waals surface area contributed by atoms with Crippen molar-refractivity contribution in [3.8, 4) is 0 Å². The fraction of sp³-hybridized carbons (Fsp3) is 0.833. The van der Waals surface area contributed by atoms with Crippen LogP contribution in [0.1, 0.15) is 39.0 Å². The Morgan fingerprint density at radius 2 is 2.06 bits per heavy atom. The van der Waals surface area contributed by atoms with Gasteiger partial charge in [-0.15, -0.1) is 0 Å². The Kier molecular flexibility index (Phi) is 3.46. The highest BCUT2D eigenvalue weighted by atomic mass is 16.2. The largest absolute Gasteiger partial charge is 0.354 e. The maximum absolute atomic E-state index is 11.9. The molecule has 4 nitrogen and oxygen atoms in total. The van der Waals surface area contributed by atoms with Crippen molar-refractivity contribution in [3.63, 3.8) is 0 Å². The number of rotatable bonds is 4. The lowest BCUT2D eigenvalue weighted by Crippen LogP contribution is -2.46. The van der Waals surface area contributed by atoms with E-state index in [1.165, 1.54) is 0 Å². The molecular formula is C12H20N2O2.